The summed E-state index contributed by atoms with van der Waals surface area (Å²) >= 11 is 1.42. The van der Waals surface area contributed by atoms with Crippen LogP contribution in [0.1, 0.15) is 29.3 Å². The molecular formula is C37H33N3O4S. The maximum Gasteiger partial charge on any atom is 0.272 e. The van der Waals surface area contributed by atoms with Gasteiger partial charge >= 0.3 is 0 Å². The first-order chi connectivity index (χ1) is 21.9. The molecule has 8 heteroatoms. The van der Waals surface area contributed by atoms with E-state index in [-0.39, 0.29) is 16.9 Å². The summed E-state index contributed by atoms with van der Waals surface area (Å²) in [5, 5.41) is 10.5. The lowest BCUT2D eigenvalue weighted by atomic mass is 10.1. The fraction of sp³-hybridized carbons (Fsp3) is 0.108. The molecule has 3 N–H and O–H groups in total. The van der Waals surface area contributed by atoms with Gasteiger partial charge in [-0.1, -0.05) is 73.7 Å². The van der Waals surface area contributed by atoms with Gasteiger partial charge in [-0.3, -0.25) is 14.4 Å². The molecule has 5 aromatic carbocycles. The van der Waals surface area contributed by atoms with Gasteiger partial charge in [-0.25, -0.2) is 0 Å². The predicted molar refractivity (Wildman–Crippen MR) is 182 cm³/mol. The Morgan fingerprint density at radius 3 is 2.27 bits per heavy atom. The van der Waals surface area contributed by atoms with Crippen molar-refractivity contribution in [3.8, 4) is 5.75 Å². The first-order valence-corrected chi connectivity index (χ1v) is 15.4. The van der Waals surface area contributed by atoms with Gasteiger partial charge in [0.05, 0.1) is 12.4 Å². The lowest BCUT2D eigenvalue weighted by molar-refractivity contribution is -0.116. The zero-order valence-electron chi connectivity index (χ0n) is 25.0. The Morgan fingerprint density at radius 2 is 1.49 bits per heavy atom. The molecule has 1 unspecified atom stereocenters. The average Bonchev–Trinajstić information content (AvgIpc) is 3.07. The summed E-state index contributed by atoms with van der Waals surface area (Å²) < 4.78 is 5.32. The van der Waals surface area contributed by atoms with Crippen molar-refractivity contribution in [2.24, 2.45) is 0 Å². The van der Waals surface area contributed by atoms with E-state index in [2.05, 4.69) is 16.0 Å². The second kappa shape index (κ2) is 14.9. The number of carbonyl (C=O) groups is 3. The summed E-state index contributed by atoms with van der Waals surface area (Å²) in [5.74, 6) is -0.380. The Bertz CT molecular complexity index is 1860. The summed E-state index contributed by atoms with van der Waals surface area (Å²) in [4.78, 5) is 40.6. The molecule has 0 saturated heterocycles. The minimum Gasteiger partial charge on any atom is -0.497 e. The van der Waals surface area contributed by atoms with Crippen LogP contribution in [0.3, 0.4) is 0 Å². The quantitative estimate of drug-likeness (QED) is 0.104. The van der Waals surface area contributed by atoms with Crippen LogP contribution in [0.4, 0.5) is 11.4 Å². The summed E-state index contributed by atoms with van der Waals surface area (Å²) in [5.41, 5.74) is 2.44. The van der Waals surface area contributed by atoms with Crippen LogP contribution in [0.2, 0.25) is 0 Å². The summed E-state index contributed by atoms with van der Waals surface area (Å²) in [6, 6.07) is 37.0. The van der Waals surface area contributed by atoms with E-state index in [1.807, 2.05) is 79.7 Å². The second-order valence-corrected chi connectivity index (χ2v) is 11.5. The van der Waals surface area contributed by atoms with Crippen molar-refractivity contribution in [2.75, 3.05) is 17.7 Å². The highest BCUT2D eigenvalue weighted by atomic mass is 32.2. The number of carbonyl (C=O) groups excluding carboxylic acids is 3. The number of anilines is 2. The van der Waals surface area contributed by atoms with E-state index in [9.17, 15) is 14.4 Å². The van der Waals surface area contributed by atoms with Gasteiger partial charge in [0, 0.05) is 21.8 Å². The molecule has 5 aromatic rings. The number of hydrogen-bond donors (Lipinski definition) is 3. The Balaban J connectivity index is 1.31. The topological polar surface area (TPSA) is 96.5 Å². The van der Waals surface area contributed by atoms with Crippen LogP contribution in [-0.4, -0.2) is 30.1 Å². The third kappa shape index (κ3) is 8.40. The van der Waals surface area contributed by atoms with Gasteiger partial charge in [0.25, 0.3) is 11.8 Å². The third-order valence-electron chi connectivity index (χ3n) is 6.98. The van der Waals surface area contributed by atoms with E-state index in [0.29, 0.717) is 29.0 Å². The largest absolute Gasteiger partial charge is 0.497 e. The first-order valence-electron chi connectivity index (χ1n) is 14.5. The minimum absolute atomic E-state index is 0.0661. The van der Waals surface area contributed by atoms with E-state index in [1.165, 1.54) is 11.8 Å². The molecule has 0 radical (unpaired) electrons. The number of rotatable bonds is 11. The first kappa shape index (κ1) is 31.1. The zero-order valence-corrected chi connectivity index (χ0v) is 25.8. The maximum atomic E-state index is 13.5. The summed E-state index contributed by atoms with van der Waals surface area (Å²) in [6.07, 6.45) is 2.21. The molecular weight excluding hydrogens is 582 g/mol. The molecule has 1 atom stereocenters. The number of fused-ring (bicyclic) bond motifs is 1. The molecule has 7 nitrogen and oxygen atoms in total. The number of nitrogens with one attached hydrogen (secondary N) is 3. The highest BCUT2D eigenvalue weighted by molar-refractivity contribution is 8.00. The zero-order chi connectivity index (χ0) is 31.6. The molecule has 0 aliphatic rings. The van der Waals surface area contributed by atoms with E-state index in [0.717, 1.165) is 21.4 Å². The lowest BCUT2D eigenvalue weighted by Gasteiger charge is -2.16. The number of amides is 3. The van der Waals surface area contributed by atoms with Gasteiger partial charge in [0.15, 0.2) is 0 Å². The minimum atomic E-state index is -0.495. The molecule has 5 rings (SSSR count). The van der Waals surface area contributed by atoms with Crippen molar-refractivity contribution >= 4 is 57.7 Å². The maximum absolute atomic E-state index is 13.5. The number of ether oxygens (including phenoxy) is 1. The highest BCUT2D eigenvalue weighted by Crippen LogP contribution is 2.29. The van der Waals surface area contributed by atoms with Crippen LogP contribution in [0, 0.1) is 0 Å². The lowest BCUT2D eigenvalue weighted by Crippen LogP contribution is -2.30. The van der Waals surface area contributed by atoms with Crippen LogP contribution >= 0.6 is 11.8 Å². The van der Waals surface area contributed by atoms with E-state index >= 15 is 0 Å². The standard InChI is InChI=1S/C37H33N3O4S/c1-3-34(37(43)39-30-20-19-26-12-7-8-15-28(26)23-30)45-32-18-10-16-29(24-32)38-36(42)33(22-25-11-9-17-31(21-25)44-2)40-35(41)27-13-5-4-6-14-27/h4-24,34H,3H2,1-2H3,(H,38,42)(H,39,43)(H,40,41)/b33-22-. The Morgan fingerprint density at radius 1 is 0.756 bits per heavy atom. The fourth-order valence-corrected chi connectivity index (χ4v) is 5.68. The Hall–Kier alpha value is -5.34. The number of thioether (sulfide) groups is 1. The fourth-order valence-electron chi connectivity index (χ4n) is 4.66. The number of hydrogen-bond acceptors (Lipinski definition) is 5. The highest BCUT2D eigenvalue weighted by Gasteiger charge is 2.20. The van der Waals surface area contributed by atoms with Crippen molar-refractivity contribution < 1.29 is 19.1 Å². The van der Waals surface area contributed by atoms with Crippen molar-refractivity contribution in [3.05, 3.63) is 138 Å². The number of methoxy groups -OCH3 is 1. The number of benzene rings is 5. The molecule has 0 spiro atoms. The average molecular weight is 616 g/mol. The van der Waals surface area contributed by atoms with Crippen LogP contribution in [0.25, 0.3) is 16.8 Å². The molecule has 0 saturated carbocycles. The molecule has 0 aliphatic carbocycles. The van der Waals surface area contributed by atoms with Crippen LogP contribution in [0.5, 0.6) is 5.75 Å². The molecule has 45 heavy (non-hydrogen) atoms. The van der Waals surface area contributed by atoms with Crippen LogP contribution in [-0.2, 0) is 9.59 Å². The van der Waals surface area contributed by atoms with Crippen LogP contribution in [0.15, 0.2) is 132 Å². The van der Waals surface area contributed by atoms with E-state index in [4.69, 9.17) is 4.74 Å². The Labute approximate surface area is 266 Å². The predicted octanol–water partition coefficient (Wildman–Crippen LogP) is 7.77. The SMILES string of the molecule is CCC(Sc1cccc(NC(=O)/C(=C/c2cccc(OC)c2)NC(=O)c2ccccc2)c1)C(=O)Nc1ccc2ccccc2c1. The molecule has 0 heterocycles. The Kier molecular flexibility index (Phi) is 10.3. The molecule has 0 aliphatic heterocycles. The van der Waals surface area contributed by atoms with Crippen molar-refractivity contribution in [2.45, 2.75) is 23.5 Å². The van der Waals surface area contributed by atoms with E-state index in [1.54, 1.807) is 61.7 Å². The van der Waals surface area contributed by atoms with Gasteiger partial charge in [-0.2, -0.15) is 0 Å². The molecule has 0 fully saturated rings. The van der Waals surface area contributed by atoms with Gasteiger partial charge < -0.3 is 20.7 Å². The van der Waals surface area contributed by atoms with Gasteiger partial charge in [0.1, 0.15) is 11.4 Å². The molecule has 3 amide bonds. The van der Waals surface area contributed by atoms with Gasteiger partial charge in [0.2, 0.25) is 5.91 Å². The van der Waals surface area contributed by atoms with Crippen LogP contribution < -0.4 is 20.7 Å². The molecule has 0 aromatic heterocycles. The molecule has 0 bridgehead atoms. The molecule has 226 valence electrons. The van der Waals surface area contributed by atoms with Gasteiger partial charge in [-0.15, -0.1) is 11.8 Å². The van der Waals surface area contributed by atoms with E-state index < -0.39 is 11.8 Å². The summed E-state index contributed by atoms with van der Waals surface area (Å²) in [6.45, 7) is 1.97. The second-order valence-electron chi connectivity index (χ2n) is 10.2. The van der Waals surface area contributed by atoms with Crippen molar-refractivity contribution in [1.29, 1.82) is 0 Å². The monoisotopic (exact) mass is 615 g/mol. The summed E-state index contributed by atoms with van der Waals surface area (Å²) in [7, 11) is 1.56. The normalized spacial score (nSPS) is 11.8. The van der Waals surface area contributed by atoms with Crippen molar-refractivity contribution in [1.82, 2.24) is 5.32 Å². The smallest absolute Gasteiger partial charge is 0.272 e. The third-order valence-corrected chi connectivity index (χ3v) is 8.34. The van der Waals surface area contributed by atoms with Gasteiger partial charge in [-0.05, 0) is 83.4 Å². The van der Waals surface area contributed by atoms with Crippen molar-refractivity contribution in [3.63, 3.8) is 0 Å².